The zero-order chi connectivity index (χ0) is 19.4. The maximum atomic E-state index is 13.0. The van der Waals surface area contributed by atoms with Crippen LogP contribution in [-0.2, 0) is 16.0 Å². The third-order valence-corrected chi connectivity index (χ3v) is 4.82. The highest BCUT2D eigenvalue weighted by Crippen LogP contribution is 2.22. The van der Waals surface area contributed by atoms with Crippen LogP contribution in [0.5, 0.6) is 0 Å². The first-order valence-electron chi connectivity index (χ1n) is 9.03. The summed E-state index contributed by atoms with van der Waals surface area (Å²) >= 11 is 0. The van der Waals surface area contributed by atoms with E-state index in [4.69, 9.17) is 0 Å². The molecule has 27 heavy (non-hydrogen) atoms. The zero-order valence-corrected chi connectivity index (χ0v) is 15.6. The molecule has 5 nitrogen and oxygen atoms in total. The van der Waals surface area contributed by atoms with E-state index in [1.807, 2.05) is 43.3 Å². The van der Waals surface area contributed by atoms with E-state index in [9.17, 15) is 14.0 Å². The predicted octanol–water partition coefficient (Wildman–Crippen LogP) is 2.92. The molecule has 1 N–H and O–H groups in total. The van der Waals surface area contributed by atoms with Gasteiger partial charge in [-0.3, -0.25) is 9.59 Å². The molecule has 0 unspecified atom stereocenters. The van der Waals surface area contributed by atoms with Crippen molar-refractivity contribution in [1.82, 2.24) is 4.90 Å². The van der Waals surface area contributed by atoms with Crippen LogP contribution in [0.4, 0.5) is 15.8 Å². The molecular formula is C21H24FN3O2. The molecule has 2 aromatic carbocycles. The van der Waals surface area contributed by atoms with Gasteiger partial charge in [0, 0.05) is 45.0 Å². The van der Waals surface area contributed by atoms with Crippen molar-refractivity contribution >= 4 is 23.2 Å². The molecule has 0 aliphatic carbocycles. The minimum absolute atomic E-state index is 0.0137. The van der Waals surface area contributed by atoms with Crippen LogP contribution in [0, 0.1) is 11.7 Å². The van der Waals surface area contributed by atoms with Gasteiger partial charge >= 0.3 is 0 Å². The van der Waals surface area contributed by atoms with Gasteiger partial charge in [0.05, 0.1) is 5.92 Å². The Morgan fingerprint density at radius 2 is 1.81 bits per heavy atom. The molecule has 1 saturated heterocycles. The molecule has 0 saturated carbocycles. The maximum absolute atomic E-state index is 13.0. The van der Waals surface area contributed by atoms with Crippen LogP contribution >= 0.6 is 0 Å². The highest BCUT2D eigenvalue weighted by molar-refractivity contribution is 5.97. The number of nitrogens with zero attached hydrogens (tertiary/aromatic N) is 2. The van der Waals surface area contributed by atoms with Gasteiger partial charge in [0.2, 0.25) is 11.8 Å². The smallest absolute Gasteiger partial charge is 0.229 e. The number of amides is 2. The number of hydrogen-bond acceptors (Lipinski definition) is 3. The first kappa shape index (κ1) is 18.9. The van der Waals surface area contributed by atoms with Gasteiger partial charge in [-0.15, -0.1) is 0 Å². The van der Waals surface area contributed by atoms with Crippen molar-refractivity contribution in [2.75, 3.05) is 37.4 Å². The van der Waals surface area contributed by atoms with Crippen LogP contribution in [0.1, 0.15) is 12.0 Å². The molecule has 0 radical (unpaired) electrons. The molecule has 6 heteroatoms. The molecule has 0 spiro atoms. The highest BCUT2D eigenvalue weighted by atomic mass is 19.1. The van der Waals surface area contributed by atoms with Gasteiger partial charge in [0.25, 0.3) is 0 Å². The second kappa shape index (κ2) is 8.20. The van der Waals surface area contributed by atoms with E-state index in [1.54, 1.807) is 17.0 Å². The van der Waals surface area contributed by atoms with Crippen LogP contribution in [-0.4, -0.2) is 43.9 Å². The summed E-state index contributed by atoms with van der Waals surface area (Å²) < 4.78 is 13.0. The first-order valence-corrected chi connectivity index (χ1v) is 9.03. The Kier molecular flexibility index (Phi) is 5.74. The van der Waals surface area contributed by atoms with E-state index < -0.39 is 0 Å². The first-order chi connectivity index (χ1) is 12.9. The number of carbonyl (C=O) groups excluding carboxylic acids is 2. The van der Waals surface area contributed by atoms with Crippen molar-refractivity contribution in [3.8, 4) is 0 Å². The van der Waals surface area contributed by atoms with E-state index in [1.165, 1.54) is 12.1 Å². The molecule has 142 valence electrons. The number of hydrogen-bond donors (Lipinski definition) is 1. The van der Waals surface area contributed by atoms with Crippen LogP contribution in [0.25, 0.3) is 0 Å². The van der Waals surface area contributed by atoms with Crippen LogP contribution in [0.2, 0.25) is 0 Å². The van der Waals surface area contributed by atoms with Gasteiger partial charge < -0.3 is 15.1 Å². The van der Waals surface area contributed by atoms with Crippen molar-refractivity contribution < 1.29 is 14.0 Å². The van der Waals surface area contributed by atoms with E-state index in [0.29, 0.717) is 19.5 Å². The number of nitrogens with one attached hydrogen (secondary N) is 1. The van der Waals surface area contributed by atoms with E-state index >= 15 is 0 Å². The van der Waals surface area contributed by atoms with Crippen LogP contribution in [0.15, 0.2) is 48.5 Å². The number of benzene rings is 2. The molecule has 1 heterocycles. The fraction of sp³-hybridized carbons (Fsp3) is 0.333. The van der Waals surface area contributed by atoms with Gasteiger partial charge in [-0.2, -0.15) is 0 Å². The number of rotatable bonds is 6. The van der Waals surface area contributed by atoms with E-state index in [2.05, 4.69) is 5.32 Å². The SMILES string of the molecule is CN(C)c1ccc(NC(=O)[C@@H]2CC(=O)N(CCc3ccc(F)cc3)C2)cc1. The number of carbonyl (C=O) groups is 2. The average molecular weight is 369 g/mol. The van der Waals surface area contributed by atoms with Crippen molar-refractivity contribution in [2.24, 2.45) is 5.92 Å². The third kappa shape index (κ3) is 4.84. The quantitative estimate of drug-likeness (QED) is 0.852. The molecule has 1 fully saturated rings. The molecule has 3 rings (SSSR count). The Morgan fingerprint density at radius 3 is 2.44 bits per heavy atom. The number of halogens is 1. The largest absolute Gasteiger partial charge is 0.378 e. The lowest BCUT2D eigenvalue weighted by Gasteiger charge is -2.17. The molecule has 0 aromatic heterocycles. The van der Waals surface area contributed by atoms with E-state index in [-0.39, 0.29) is 30.0 Å². The summed E-state index contributed by atoms with van der Waals surface area (Å²) in [5, 5.41) is 2.89. The van der Waals surface area contributed by atoms with Gasteiger partial charge in [0.1, 0.15) is 5.82 Å². The lowest BCUT2D eigenvalue weighted by molar-refractivity contribution is -0.128. The zero-order valence-electron chi connectivity index (χ0n) is 15.6. The predicted molar refractivity (Wildman–Crippen MR) is 104 cm³/mol. The maximum Gasteiger partial charge on any atom is 0.229 e. The Labute approximate surface area is 158 Å². The summed E-state index contributed by atoms with van der Waals surface area (Å²) in [5.74, 6) is -0.768. The summed E-state index contributed by atoms with van der Waals surface area (Å²) in [4.78, 5) is 28.4. The van der Waals surface area contributed by atoms with Crippen molar-refractivity contribution in [3.05, 3.63) is 59.9 Å². The van der Waals surface area contributed by atoms with E-state index in [0.717, 1.165) is 16.9 Å². The van der Waals surface area contributed by atoms with Crippen LogP contribution in [0.3, 0.4) is 0 Å². The van der Waals surface area contributed by atoms with Gasteiger partial charge in [0.15, 0.2) is 0 Å². The molecular weight excluding hydrogens is 345 g/mol. The molecule has 2 aromatic rings. The molecule has 2 amide bonds. The fourth-order valence-corrected chi connectivity index (χ4v) is 3.17. The molecule has 0 bridgehead atoms. The van der Waals surface area contributed by atoms with Gasteiger partial charge in [-0.25, -0.2) is 4.39 Å². The van der Waals surface area contributed by atoms with Crippen molar-refractivity contribution in [3.63, 3.8) is 0 Å². The normalized spacial score (nSPS) is 16.5. The lowest BCUT2D eigenvalue weighted by Crippen LogP contribution is -2.30. The summed E-state index contributed by atoms with van der Waals surface area (Å²) in [6.45, 7) is 0.952. The second-order valence-electron chi connectivity index (χ2n) is 7.05. The van der Waals surface area contributed by atoms with Crippen LogP contribution < -0.4 is 10.2 Å². The molecule has 1 aliphatic heterocycles. The lowest BCUT2D eigenvalue weighted by atomic mass is 10.1. The summed E-state index contributed by atoms with van der Waals surface area (Å²) in [7, 11) is 3.91. The Hall–Kier alpha value is -2.89. The minimum atomic E-state index is -0.348. The number of likely N-dealkylation sites (tertiary alicyclic amines) is 1. The molecule has 1 atom stereocenters. The topological polar surface area (TPSA) is 52.7 Å². The van der Waals surface area contributed by atoms with Crippen molar-refractivity contribution in [1.29, 1.82) is 0 Å². The Morgan fingerprint density at radius 1 is 1.15 bits per heavy atom. The van der Waals surface area contributed by atoms with Gasteiger partial charge in [-0.1, -0.05) is 12.1 Å². The highest BCUT2D eigenvalue weighted by Gasteiger charge is 2.34. The summed E-state index contributed by atoms with van der Waals surface area (Å²) in [6.07, 6.45) is 0.872. The van der Waals surface area contributed by atoms with Gasteiger partial charge in [-0.05, 0) is 48.4 Å². The Bertz CT molecular complexity index is 803. The third-order valence-electron chi connectivity index (χ3n) is 4.82. The number of anilines is 2. The fourth-order valence-electron chi connectivity index (χ4n) is 3.17. The monoisotopic (exact) mass is 369 g/mol. The molecule has 1 aliphatic rings. The van der Waals surface area contributed by atoms with Crippen molar-refractivity contribution in [2.45, 2.75) is 12.8 Å². The average Bonchev–Trinajstić information content (AvgIpc) is 3.03. The summed E-state index contributed by atoms with van der Waals surface area (Å²) in [6, 6.07) is 13.9. The second-order valence-corrected chi connectivity index (χ2v) is 7.05. The standard InChI is InChI=1S/C21H24FN3O2/c1-24(2)19-9-7-18(8-10-19)23-21(27)16-13-20(26)25(14-16)12-11-15-3-5-17(22)6-4-15/h3-10,16H,11-14H2,1-2H3,(H,23,27)/t16-/m1/s1. The Balaban J connectivity index is 1.52. The minimum Gasteiger partial charge on any atom is -0.378 e. The summed E-state index contributed by atoms with van der Waals surface area (Å²) in [5.41, 5.74) is 2.75.